The lowest BCUT2D eigenvalue weighted by Crippen LogP contribution is -2.49. The lowest BCUT2D eigenvalue weighted by molar-refractivity contribution is -0.129. The second kappa shape index (κ2) is 10.2. The van der Waals surface area contributed by atoms with Gasteiger partial charge in [0.25, 0.3) is 0 Å². The summed E-state index contributed by atoms with van der Waals surface area (Å²) in [5.41, 5.74) is 9.51. The Kier molecular flexibility index (Phi) is 7.41. The number of benzene rings is 2. The van der Waals surface area contributed by atoms with Gasteiger partial charge in [-0.05, 0) is 50.3 Å². The monoisotopic (exact) mass is 421 g/mol. The maximum Gasteiger partial charge on any atom is 0.242 e. The smallest absolute Gasteiger partial charge is 0.242 e. The first-order chi connectivity index (χ1) is 14.8. The number of hydrogen-bond donors (Lipinski definition) is 5. The van der Waals surface area contributed by atoms with Crippen molar-refractivity contribution in [3.05, 3.63) is 70.8 Å². The SMILES string of the molecule is Cc1cccc(C[C@H]2CN[C@@H](C(=O)N[C@@H](C)C(=O)NCc3ccc(C(=N)N)cc3)C2)c1. The normalized spacial score (nSPS) is 18.9. The molecular weight excluding hydrogens is 390 g/mol. The van der Waals surface area contributed by atoms with Crippen molar-refractivity contribution >= 4 is 17.6 Å². The minimum atomic E-state index is -0.624. The molecule has 164 valence electrons. The highest BCUT2D eigenvalue weighted by molar-refractivity contribution is 5.95. The van der Waals surface area contributed by atoms with E-state index in [0.717, 1.165) is 24.9 Å². The highest BCUT2D eigenvalue weighted by Gasteiger charge is 2.30. The maximum absolute atomic E-state index is 12.6. The Morgan fingerprint density at radius 3 is 2.61 bits per heavy atom. The second-order valence-electron chi connectivity index (χ2n) is 8.31. The molecule has 7 nitrogen and oxygen atoms in total. The lowest BCUT2D eigenvalue weighted by atomic mass is 9.95. The standard InChI is InChI=1S/C24H31N5O2/c1-15-4-3-5-18(10-15)11-19-12-21(27-14-19)24(31)29-16(2)23(30)28-13-17-6-8-20(9-7-17)22(25)26/h3-10,16,19,21,27H,11-14H2,1-2H3,(H3,25,26)(H,28,30)(H,29,31)/t16-,19+,21+/m0/s1. The van der Waals surface area contributed by atoms with Crippen molar-refractivity contribution in [3.8, 4) is 0 Å². The summed E-state index contributed by atoms with van der Waals surface area (Å²) in [6.07, 6.45) is 1.70. The zero-order valence-electron chi connectivity index (χ0n) is 18.1. The molecule has 0 aromatic heterocycles. The molecule has 1 fully saturated rings. The van der Waals surface area contributed by atoms with Gasteiger partial charge in [-0.25, -0.2) is 0 Å². The van der Waals surface area contributed by atoms with E-state index in [2.05, 4.69) is 47.1 Å². The third kappa shape index (κ3) is 6.39. The highest BCUT2D eigenvalue weighted by Crippen LogP contribution is 2.20. The molecule has 0 saturated carbocycles. The Morgan fingerprint density at radius 1 is 1.19 bits per heavy atom. The van der Waals surface area contributed by atoms with Gasteiger partial charge in [-0.1, -0.05) is 54.1 Å². The summed E-state index contributed by atoms with van der Waals surface area (Å²) in [6, 6.07) is 14.7. The fourth-order valence-electron chi connectivity index (χ4n) is 3.86. The van der Waals surface area contributed by atoms with Crippen molar-refractivity contribution in [2.45, 2.75) is 45.3 Å². The van der Waals surface area contributed by atoms with Crippen LogP contribution in [-0.2, 0) is 22.6 Å². The molecule has 0 radical (unpaired) electrons. The topological polar surface area (TPSA) is 120 Å². The Morgan fingerprint density at radius 2 is 1.94 bits per heavy atom. The van der Waals surface area contributed by atoms with Crippen LogP contribution in [-0.4, -0.2) is 36.3 Å². The lowest BCUT2D eigenvalue weighted by Gasteiger charge is -2.17. The van der Waals surface area contributed by atoms with E-state index in [1.54, 1.807) is 19.1 Å². The Hall–Kier alpha value is -3.19. The van der Waals surface area contributed by atoms with Gasteiger partial charge in [0.2, 0.25) is 11.8 Å². The van der Waals surface area contributed by atoms with E-state index in [-0.39, 0.29) is 23.7 Å². The summed E-state index contributed by atoms with van der Waals surface area (Å²) >= 11 is 0. The van der Waals surface area contributed by atoms with Crippen LogP contribution in [0.3, 0.4) is 0 Å². The van der Waals surface area contributed by atoms with Gasteiger partial charge in [0.1, 0.15) is 11.9 Å². The van der Waals surface area contributed by atoms with E-state index in [0.29, 0.717) is 18.0 Å². The van der Waals surface area contributed by atoms with Crippen LogP contribution < -0.4 is 21.7 Å². The summed E-state index contributed by atoms with van der Waals surface area (Å²) < 4.78 is 0. The van der Waals surface area contributed by atoms with Crippen molar-refractivity contribution in [3.63, 3.8) is 0 Å². The molecule has 6 N–H and O–H groups in total. The third-order valence-electron chi connectivity index (χ3n) is 5.63. The summed E-state index contributed by atoms with van der Waals surface area (Å²) in [7, 11) is 0. The number of rotatable bonds is 8. The first-order valence-electron chi connectivity index (χ1n) is 10.6. The van der Waals surface area contributed by atoms with Crippen molar-refractivity contribution in [1.29, 1.82) is 5.41 Å². The van der Waals surface area contributed by atoms with E-state index in [4.69, 9.17) is 11.1 Å². The maximum atomic E-state index is 12.6. The molecule has 1 aliphatic rings. The van der Waals surface area contributed by atoms with Crippen molar-refractivity contribution < 1.29 is 9.59 Å². The van der Waals surface area contributed by atoms with Crippen LogP contribution in [0.2, 0.25) is 0 Å². The Labute approximate surface area is 183 Å². The molecule has 0 aliphatic carbocycles. The van der Waals surface area contributed by atoms with Gasteiger partial charge in [0, 0.05) is 12.1 Å². The third-order valence-corrected chi connectivity index (χ3v) is 5.63. The number of hydrogen-bond acceptors (Lipinski definition) is 4. The van der Waals surface area contributed by atoms with Crippen LogP contribution in [0.1, 0.15) is 35.6 Å². The Bertz CT molecular complexity index is 941. The number of carbonyl (C=O) groups is 2. The fourth-order valence-corrected chi connectivity index (χ4v) is 3.86. The highest BCUT2D eigenvalue weighted by atomic mass is 16.2. The number of nitrogens with two attached hydrogens (primary N) is 1. The van der Waals surface area contributed by atoms with E-state index in [1.807, 2.05) is 12.1 Å². The average Bonchev–Trinajstić information content (AvgIpc) is 3.20. The molecule has 2 amide bonds. The van der Waals surface area contributed by atoms with E-state index < -0.39 is 6.04 Å². The molecule has 0 unspecified atom stereocenters. The quantitative estimate of drug-likeness (QED) is 0.329. The molecule has 1 heterocycles. The number of amidine groups is 1. The number of nitrogens with one attached hydrogen (secondary N) is 4. The zero-order valence-corrected chi connectivity index (χ0v) is 18.1. The number of aryl methyl sites for hydroxylation is 1. The van der Waals surface area contributed by atoms with Gasteiger partial charge in [-0.15, -0.1) is 0 Å². The van der Waals surface area contributed by atoms with Crippen LogP contribution in [0, 0.1) is 18.3 Å². The second-order valence-corrected chi connectivity index (χ2v) is 8.31. The van der Waals surface area contributed by atoms with E-state index >= 15 is 0 Å². The summed E-state index contributed by atoms with van der Waals surface area (Å²) in [6.45, 7) is 4.91. The Balaban J connectivity index is 1.43. The molecular formula is C24H31N5O2. The minimum Gasteiger partial charge on any atom is -0.384 e. The van der Waals surface area contributed by atoms with E-state index in [1.165, 1.54) is 11.1 Å². The van der Waals surface area contributed by atoms with Crippen molar-refractivity contribution in [2.75, 3.05) is 6.54 Å². The number of amides is 2. The molecule has 3 atom stereocenters. The van der Waals surface area contributed by atoms with E-state index in [9.17, 15) is 9.59 Å². The first kappa shape index (κ1) is 22.5. The van der Waals surface area contributed by atoms with Crippen LogP contribution in [0.5, 0.6) is 0 Å². The molecule has 0 spiro atoms. The molecule has 3 rings (SSSR count). The first-order valence-corrected chi connectivity index (χ1v) is 10.6. The average molecular weight is 422 g/mol. The number of carbonyl (C=O) groups excluding carboxylic acids is 2. The molecule has 2 aromatic rings. The number of nitrogen functional groups attached to an aromatic ring is 1. The predicted octanol–water partition coefficient (Wildman–Crippen LogP) is 1.62. The fraction of sp³-hybridized carbons (Fsp3) is 0.375. The van der Waals surface area contributed by atoms with Gasteiger partial charge in [0.15, 0.2) is 0 Å². The molecule has 31 heavy (non-hydrogen) atoms. The van der Waals surface area contributed by atoms with Gasteiger partial charge in [-0.2, -0.15) is 0 Å². The minimum absolute atomic E-state index is 0.00793. The van der Waals surface area contributed by atoms with Crippen LogP contribution >= 0.6 is 0 Å². The molecule has 2 aromatic carbocycles. The van der Waals surface area contributed by atoms with Crippen LogP contribution in [0.4, 0.5) is 0 Å². The van der Waals surface area contributed by atoms with Crippen molar-refractivity contribution in [2.24, 2.45) is 11.7 Å². The predicted molar refractivity (Wildman–Crippen MR) is 122 cm³/mol. The summed E-state index contributed by atoms with van der Waals surface area (Å²) in [4.78, 5) is 25.0. The largest absolute Gasteiger partial charge is 0.384 e. The van der Waals surface area contributed by atoms with Crippen LogP contribution in [0.15, 0.2) is 48.5 Å². The van der Waals surface area contributed by atoms with Gasteiger partial charge >= 0.3 is 0 Å². The summed E-state index contributed by atoms with van der Waals surface area (Å²) in [5.74, 6) is 0.0340. The van der Waals surface area contributed by atoms with Gasteiger partial charge in [0.05, 0.1) is 6.04 Å². The molecule has 7 heteroatoms. The summed E-state index contributed by atoms with van der Waals surface area (Å²) in [5, 5.41) is 16.3. The van der Waals surface area contributed by atoms with Crippen molar-refractivity contribution in [1.82, 2.24) is 16.0 Å². The van der Waals surface area contributed by atoms with Crippen LogP contribution in [0.25, 0.3) is 0 Å². The zero-order chi connectivity index (χ0) is 22.4. The van der Waals surface area contributed by atoms with Gasteiger partial charge < -0.3 is 21.7 Å². The molecule has 1 saturated heterocycles. The van der Waals surface area contributed by atoms with Gasteiger partial charge in [-0.3, -0.25) is 15.0 Å². The molecule has 0 bridgehead atoms. The molecule has 1 aliphatic heterocycles.